The summed E-state index contributed by atoms with van der Waals surface area (Å²) in [6.07, 6.45) is 5.07. The maximum Gasteiger partial charge on any atom is 0 e. The molecular weight excluding hydrogens is 131 g/mol. The molecule has 1 radical (unpaired) electrons. The van der Waals surface area contributed by atoms with Crippen molar-refractivity contribution in [3.8, 4) is 0 Å². The predicted octanol–water partition coefficient (Wildman–Crippen LogP) is 2.40. The Bertz CT molecular complexity index is 16.1. The van der Waals surface area contributed by atoms with Crippen molar-refractivity contribution >= 4 is 0 Å². The normalized spacial score (nSPS) is 7.71. The smallest absolute Gasteiger partial charge is 0 e. The molecule has 0 aromatic heterocycles. The van der Waals surface area contributed by atoms with Crippen molar-refractivity contribution < 1.29 is 16.5 Å². The molecule has 0 aliphatic heterocycles. The van der Waals surface area contributed by atoms with Gasteiger partial charge in [-0.05, 0) is 0 Å². The van der Waals surface area contributed by atoms with E-state index < -0.39 is 0 Å². The summed E-state index contributed by atoms with van der Waals surface area (Å²) >= 11 is 0. The molecule has 0 saturated carbocycles. The van der Waals surface area contributed by atoms with Gasteiger partial charge in [0.25, 0.3) is 0 Å². The molecule has 47 valence electrons. The maximum atomic E-state index is 3.72. The average Bonchev–Trinajstić information content (AvgIpc) is 1.61. The number of unbranched alkanes of at least 4 members (excludes halogenated alkanes) is 3. The summed E-state index contributed by atoms with van der Waals surface area (Å²) in [6, 6.07) is 0. The van der Waals surface area contributed by atoms with Gasteiger partial charge in [-0.25, -0.2) is 0 Å². The third-order valence-electron chi connectivity index (χ3n) is 0.854. The van der Waals surface area contributed by atoms with E-state index in [9.17, 15) is 0 Å². The van der Waals surface area contributed by atoms with E-state index in [2.05, 4.69) is 13.8 Å². The van der Waals surface area contributed by atoms with Crippen LogP contribution in [0.15, 0.2) is 0 Å². The quantitative estimate of drug-likeness (QED) is 0.421. The van der Waals surface area contributed by atoms with E-state index in [0.29, 0.717) is 0 Å². The first-order valence-corrected chi connectivity index (χ1v) is 2.71. The van der Waals surface area contributed by atoms with Gasteiger partial charge >= 0.3 is 0 Å². The second-order valence-corrected chi connectivity index (χ2v) is 1.56. The molecule has 0 aliphatic rings. The molecule has 0 aromatic rings. The van der Waals surface area contributed by atoms with Gasteiger partial charge in [-0.3, -0.25) is 0 Å². The second kappa shape index (κ2) is 9.71. The molecule has 0 aliphatic carbocycles. The predicted molar refractivity (Wildman–Crippen MR) is 29.5 cm³/mol. The van der Waals surface area contributed by atoms with Crippen LogP contribution < -0.4 is 0 Å². The van der Waals surface area contributed by atoms with E-state index in [0.717, 1.165) is 6.42 Å². The van der Waals surface area contributed by atoms with Gasteiger partial charge < -0.3 is 0 Å². The Kier molecular flexibility index (Phi) is 14.5. The largest absolute Gasteiger partial charge is 0.0654 e. The van der Waals surface area contributed by atoms with Crippen LogP contribution >= 0.6 is 0 Å². The minimum Gasteiger partial charge on any atom is -0.0654 e. The van der Waals surface area contributed by atoms with Gasteiger partial charge in [0.05, 0.1) is 0 Å². The van der Waals surface area contributed by atoms with Gasteiger partial charge in [-0.2, -0.15) is 0 Å². The van der Waals surface area contributed by atoms with Crippen molar-refractivity contribution in [1.82, 2.24) is 0 Å². The number of hydrogen-bond donors (Lipinski definition) is 0. The minimum absolute atomic E-state index is 0. The van der Waals surface area contributed by atoms with Crippen LogP contribution in [0.4, 0.5) is 0 Å². The van der Waals surface area contributed by atoms with Crippen molar-refractivity contribution in [2.75, 3.05) is 0 Å². The topological polar surface area (TPSA) is 0 Å². The Balaban J connectivity index is 0. The van der Waals surface area contributed by atoms with E-state index in [1.807, 2.05) is 0 Å². The van der Waals surface area contributed by atoms with Crippen LogP contribution in [0, 0.1) is 6.92 Å². The van der Waals surface area contributed by atoms with Crippen molar-refractivity contribution in [3.63, 3.8) is 0 Å². The molecule has 0 N–H and O–H groups in total. The summed E-state index contributed by atoms with van der Waals surface area (Å²) in [6.45, 7) is 5.93. The van der Waals surface area contributed by atoms with E-state index >= 15 is 0 Å². The number of rotatable bonds is 3. The fraction of sp³-hybridized carbons (Fsp3) is 0.833. The van der Waals surface area contributed by atoms with Crippen molar-refractivity contribution in [2.24, 2.45) is 0 Å². The van der Waals surface area contributed by atoms with Crippen LogP contribution in [0.25, 0.3) is 0 Å². The van der Waals surface area contributed by atoms with Crippen LogP contribution in [0.1, 0.15) is 32.6 Å². The third kappa shape index (κ3) is 10.7. The van der Waals surface area contributed by atoms with E-state index in [4.69, 9.17) is 0 Å². The molecule has 0 atom stereocenters. The Morgan fingerprint density at radius 3 is 2.00 bits per heavy atom. The summed E-state index contributed by atoms with van der Waals surface area (Å²) in [5.41, 5.74) is 0. The molecule has 0 saturated heterocycles. The monoisotopic (exact) mass is 143 g/mol. The zero-order valence-corrected chi connectivity index (χ0v) is 5.84. The molecule has 0 heterocycles. The summed E-state index contributed by atoms with van der Waals surface area (Å²) < 4.78 is 0. The molecule has 7 heavy (non-hydrogen) atoms. The minimum atomic E-state index is 0. The zero-order chi connectivity index (χ0) is 4.83. The molecule has 0 nitrogen and oxygen atoms in total. The molecule has 0 fully saturated rings. The Labute approximate surface area is 56.6 Å². The Hall–Kier alpha value is 0.494. The van der Waals surface area contributed by atoms with Crippen molar-refractivity contribution in [1.29, 1.82) is 0 Å². The molecular formula is C6H13Ni. The summed E-state index contributed by atoms with van der Waals surface area (Å²) in [7, 11) is 0. The molecule has 0 amide bonds. The Morgan fingerprint density at radius 2 is 1.86 bits per heavy atom. The molecule has 0 unspecified atom stereocenters. The van der Waals surface area contributed by atoms with Gasteiger partial charge in [-0.1, -0.05) is 39.5 Å². The van der Waals surface area contributed by atoms with Gasteiger partial charge in [0.15, 0.2) is 0 Å². The fourth-order valence-electron chi connectivity index (χ4n) is 0.427. The molecule has 0 spiro atoms. The zero-order valence-electron chi connectivity index (χ0n) is 4.85. The number of hydrogen-bond acceptors (Lipinski definition) is 0. The molecule has 0 aromatic carbocycles. The van der Waals surface area contributed by atoms with Crippen LogP contribution in [-0.2, 0) is 16.5 Å². The van der Waals surface area contributed by atoms with E-state index in [-0.39, 0.29) is 16.5 Å². The second-order valence-electron chi connectivity index (χ2n) is 1.56. The van der Waals surface area contributed by atoms with Crippen LogP contribution in [0.2, 0.25) is 0 Å². The SMILES string of the molecule is [CH2]CCCCC.[Ni]. The fourth-order valence-corrected chi connectivity index (χ4v) is 0.427. The van der Waals surface area contributed by atoms with E-state index in [1.54, 1.807) is 0 Å². The summed E-state index contributed by atoms with van der Waals surface area (Å²) in [4.78, 5) is 0. The van der Waals surface area contributed by atoms with Gasteiger partial charge in [0.2, 0.25) is 0 Å². The van der Waals surface area contributed by atoms with Crippen LogP contribution in [0.3, 0.4) is 0 Å². The molecule has 0 rings (SSSR count). The third-order valence-corrected chi connectivity index (χ3v) is 0.854. The molecule has 0 bridgehead atoms. The van der Waals surface area contributed by atoms with E-state index in [1.165, 1.54) is 19.3 Å². The summed E-state index contributed by atoms with van der Waals surface area (Å²) in [5.74, 6) is 0. The van der Waals surface area contributed by atoms with Crippen molar-refractivity contribution in [2.45, 2.75) is 32.6 Å². The van der Waals surface area contributed by atoms with Gasteiger partial charge in [-0.15, -0.1) is 0 Å². The summed E-state index contributed by atoms with van der Waals surface area (Å²) in [5, 5.41) is 0. The Morgan fingerprint density at radius 1 is 1.29 bits per heavy atom. The molecule has 1 heteroatoms. The maximum absolute atomic E-state index is 3.72. The average molecular weight is 144 g/mol. The first-order chi connectivity index (χ1) is 2.91. The van der Waals surface area contributed by atoms with Crippen molar-refractivity contribution in [3.05, 3.63) is 6.92 Å². The first-order valence-electron chi connectivity index (χ1n) is 2.71. The van der Waals surface area contributed by atoms with Gasteiger partial charge in [0, 0.05) is 16.5 Å². The standard InChI is InChI=1S/C6H13.Ni/c1-3-5-6-4-2;/h1,3-6H2,2H3;. The van der Waals surface area contributed by atoms with Crippen LogP contribution in [0.5, 0.6) is 0 Å². The van der Waals surface area contributed by atoms with Gasteiger partial charge in [0.1, 0.15) is 0 Å². The van der Waals surface area contributed by atoms with Crippen LogP contribution in [-0.4, -0.2) is 0 Å². The first kappa shape index (κ1) is 10.5.